The Hall–Kier alpha value is -3.20. The lowest BCUT2D eigenvalue weighted by Crippen LogP contribution is -2.69. The van der Waals surface area contributed by atoms with E-state index in [0.717, 1.165) is 18.4 Å². The summed E-state index contributed by atoms with van der Waals surface area (Å²) in [6.45, 7) is 1.51. The molecule has 17 heteroatoms. The van der Waals surface area contributed by atoms with Crippen molar-refractivity contribution in [2.45, 2.75) is 42.3 Å². The van der Waals surface area contributed by atoms with Gasteiger partial charge in [-0.15, -0.1) is 6.58 Å². The van der Waals surface area contributed by atoms with Crippen molar-refractivity contribution in [2.24, 2.45) is 5.92 Å². The number of carboxylic acid groups (broad SMARTS) is 1. The molecule has 0 aromatic heterocycles. The lowest BCUT2D eigenvalue weighted by atomic mass is 9.78. The number of nitrogens with zero attached hydrogens (tertiary/aromatic N) is 1. The van der Waals surface area contributed by atoms with Gasteiger partial charge in [-0.05, 0) is 24.8 Å². The van der Waals surface area contributed by atoms with Crippen LogP contribution in [-0.2, 0) is 33.3 Å². The number of carbonyl (C=O) groups is 2. The summed E-state index contributed by atoms with van der Waals surface area (Å²) >= 11 is 0. The van der Waals surface area contributed by atoms with Gasteiger partial charge in [-0.1, -0.05) is 12.2 Å². The monoisotopic (exact) mass is 630 g/mol. The zero-order valence-electron chi connectivity index (χ0n) is 23.8. The van der Waals surface area contributed by atoms with E-state index >= 15 is 0 Å². The minimum atomic E-state index is -2.99. The first-order chi connectivity index (χ1) is 20.9. The summed E-state index contributed by atoms with van der Waals surface area (Å²) in [5, 5.41) is 83.9. The fourth-order valence-corrected chi connectivity index (χ4v) is 4.85. The number of hydrogen-bond donors (Lipinski definition) is 9. The molecule has 44 heavy (non-hydrogen) atoms. The zero-order chi connectivity index (χ0) is 32.7. The van der Waals surface area contributed by atoms with Gasteiger partial charge in [0.25, 0.3) is 0 Å². The summed E-state index contributed by atoms with van der Waals surface area (Å²) in [6.07, 6.45) is -1.61. The van der Waals surface area contributed by atoms with Crippen LogP contribution in [0.4, 0.5) is 0 Å². The second kappa shape index (κ2) is 15.2. The molecule has 17 nitrogen and oxygen atoms in total. The van der Waals surface area contributed by atoms with E-state index in [9.17, 15) is 45.3 Å². The molecule has 0 bridgehead atoms. The molecule has 3 aliphatic rings. The molecule has 3 rings (SSSR count). The molecule has 9 N–H and O–H groups in total. The number of aliphatic hydroxyl groups is 7. The molecule has 0 saturated carbocycles. The molecule has 7 unspecified atom stereocenters. The Kier molecular flexibility index (Phi) is 12.2. The Morgan fingerprint density at radius 2 is 1.95 bits per heavy atom. The van der Waals surface area contributed by atoms with Crippen LogP contribution in [-0.4, -0.2) is 147 Å². The van der Waals surface area contributed by atoms with E-state index in [1.807, 2.05) is 0 Å². The Labute approximate surface area is 251 Å². The van der Waals surface area contributed by atoms with Gasteiger partial charge in [0, 0.05) is 19.3 Å². The molecule has 7 atom stereocenters. The van der Waals surface area contributed by atoms with Crippen LogP contribution in [0.1, 0.15) is 0 Å². The van der Waals surface area contributed by atoms with Crippen molar-refractivity contribution < 1.29 is 74.1 Å². The molecular weight excluding hydrogens is 592 g/mol. The van der Waals surface area contributed by atoms with E-state index < -0.39 is 79.1 Å². The maximum absolute atomic E-state index is 12.8. The van der Waals surface area contributed by atoms with Crippen LogP contribution in [0.25, 0.3) is 0 Å². The van der Waals surface area contributed by atoms with E-state index in [-0.39, 0.29) is 32.0 Å². The van der Waals surface area contributed by atoms with Crippen molar-refractivity contribution in [2.75, 3.05) is 46.9 Å². The fourth-order valence-electron chi connectivity index (χ4n) is 4.85. The molecule has 0 aromatic carbocycles. The van der Waals surface area contributed by atoms with Crippen LogP contribution in [0.5, 0.6) is 0 Å². The lowest BCUT2D eigenvalue weighted by Gasteiger charge is -2.48. The third-order valence-corrected chi connectivity index (χ3v) is 7.07. The fraction of sp³-hybridized carbons (Fsp3) is 0.556. The average Bonchev–Trinajstić information content (AvgIpc) is 2.98. The van der Waals surface area contributed by atoms with Crippen LogP contribution in [0, 0.1) is 5.92 Å². The number of aliphatic carboxylic acids is 1. The van der Waals surface area contributed by atoms with E-state index in [2.05, 4.69) is 16.6 Å². The second-order valence-electron chi connectivity index (χ2n) is 9.99. The van der Waals surface area contributed by atoms with Gasteiger partial charge >= 0.3 is 11.9 Å². The molecule has 0 aliphatic carbocycles. The van der Waals surface area contributed by atoms with Crippen molar-refractivity contribution in [3.05, 3.63) is 60.1 Å². The first kappa shape index (κ1) is 35.3. The number of aliphatic hydroxyl groups excluding tert-OH is 4. The van der Waals surface area contributed by atoms with Crippen molar-refractivity contribution in [1.29, 1.82) is 0 Å². The number of carboxylic acids is 1. The summed E-state index contributed by atoms with van der Waals surface area (Å²) in [5.74, 6) is -6.81. The van der Waals surface area contributed by atoms with E-state index in [4.69, 9.17) is 24.1 Å². The predicted octanol–water partition coefficient (Wildman–Crippen LogP) is -3.65. The highest BCUT2D eigenvalue weighted by Gasteiger charge is 2.58. The van der Waals surface area contributed by atoms with Gasteiger partial charge in [0.15, 0.2) is 19.2 Å². The predicted molar refractivity (Wildman–Crippen MR) is 145 cm³/mol. The molecule has 246 valence electrons. The van der Waals surface area contributed by atoms with Crippen LogP contribution >= 0.6 is 0 Å². The van der Waals surface area contributed by atoms with Crippen molar-refractivity contribution in [3.8, 4) is 0 Å². The molecule has 0 spiro atoms. The van der Waals surface area contributed by atoms with Gasteiger partial charge < -0.3 is 69.4 Å². The van der Waals surface area contributed by atoms with Gasteiger partial charge in [-0.3, -0.25) is 5.32 Å². The first-order valence-corrected chi connectivity index (χ1v) is 13.4. The van der Waals surface area contributed by atoms with Gasteiger partial charge in [0.2, 0.25) is 12.1 Å². The summed E-state index contributed by atoms with van der Waals surface area (Å²) in [6, 6.07) is 0. The van der Waals surface area contributed by atoms with Crippen molar-refractivity contribution in [3.63, 3.8) is 0 Å². The summed E-state index contributed by atoms with van der Waals surface area (Å²) in [5.41, 5.74) is -2.62. The number of nitrogens with one attached hydrogen (secondary N) is 1. The highest BCUT2D eigenvalue weighted by molar-refractivity contribution is 5.92. The Bertz CT molecular complexity index is 1170. The SMILES string of the molecule is C=CC1C(OC2OC(CO)C(O)C(O)(O)C2OCNC)OC=C(C(=O)OCO)C1(O)C=CC1=CC(C(=O)O)=CN(CCO)C1. The quantitative estimate of drug-likeness (QED) is 0.0509. The van der Waals surface area contributed by atoms with Gasteiger partial charge in [0.05, 0.1) is 31.4 Å². The number of carbonyl (C=O) groups excluding carboxylic acids is 1. The highest BCUT2D eigenvalue weighted by atomic mass is 16.8. The summed E-state index contributed by atoms with van der Waals surface area (Å²) in [4.78, 5) is 25.9. The maximum atomic E-state index is 12.8. The third-order valence-electron chi connectivity index (χ3n) is 7.07. The molecule has 1 saturated heterocycles. The molecule has 0 radical (unpaired) electrons. The van der Waals surface area contributed by atoms with Crippen LogP contribution in [0.15, 0.2) is 60.1 Å². The van der Waals surface area contributed by atoms with Crippen molar-refractivity contribution in [1.82, 2.24) is 10.2 Å². The largest absolute Gasteiger partial charge is 0.478 e. The second-order valence-corrected chi connectivity index (χ2v) is 9.99. The van der Waals surface area contributed by atoms with Gasteiger partial charge in [-0.25, -0.2) is 9.59 Å². The van der Waals surface area contributed by atoms with E-state index in [1.54, 1.807) is 0 Å². The Morgan fingerprint density at radius 1 is 1.23 bits per heavy atom. The molecular formula is C27H38N2O15. The normalized spacial score (nSPS) is 31.9. The summed E-state index contributed by atoms with van der Waals surface area (Å²) in [7, 11) is 1.49. The minimum Gasteiger partial charge on any atom is -0.478 e. The topological polar surface area (TPSA) is 257 Å². The van der Waals surface area contributed by atoms with Crippen LogP contribution in [0.2, 0.25) is 0 Å². The first-order valence-electron chi connectivity index (χ1n) is 13.4. The molecule has 3 heterocycles. The third kappa shape index (κ3) is 7.53. The van der Waals surface area contributed by atoms with Gasteiger partial charge in [-0.2, -0.15) is 0 Å². The Morgan fingerprint density at radius 3 is 2.55 bits per heavy atom. The zero-order valence-corrected chi connectivity index (χ0v) is 23.8. The van der Waals surface area contributed by atoms with Gasteiger partial charge in [0.1, 0.15) is 29.6 Å². The smallest absolute Gasteiger partial charge is 0.342 e. The minimum absolute atomic E-state index is 0.109. The van der Waals surface area contributed by atoms with Crippen molar-refractivity contribution >= 4 is 11.9 Å². The summed E-state index contributed by atoms with van der Waals surface area (Å²) < 4.78 is 27.0. The average molecular weight is 631 g/mol. The standard InChI is InChI=1S/C27H38N2O15/c1-3-17-24(44-25-21(41-13-28-2)27(38,39)20(33)19(11-31)43-25)40-12-18(23(36)42-14-32)26(17,37)5-4-15-8-16(22(34)35)10-29(9-15)6-7-30/h3-5,8,10,12,17,19-21,24-25,28,30-33,37-39H,1,6-7,9,11,13-14H2,2H3,(H,34,35). The number of esters is 1. The number of ether oxygens (including phenoxy) is 5. The van der Waals surface area contributed by atoms with E-state index in [1.165, 1.54) is 30.3 Å². The number of β-amino-alcohol motifs (C(OH)–C–C–N with tert-alkyl or cyclic N) is 1. The Balaban J connectivity index is 2.02. The highest BCUT2D eigenvalue weighted by Crippen LogP contribution is 2.40. The molecule has 0 amide bonds. The number of hydrogen-bond acceptors (Lipinski definition) is 16. The van der Waals surface area contributed by atoms with Crippen LogP contribution < -0.4 is 5.32 Å². The van der Waals surface area contributed by atoms with Crippen LogP contribution in [0.3, 0.4) is 0 Å². The number of rotatable bonds is 14. The maximum Gasteiger partial charge on any atom is 0.342 e. The molecule has 3 aliphatic heterocycles. The molecule has 1 fully saturated rings. The van der Waals surface area contributed by atoms with E-state index in [0.29, 0.717) is 5.57 Å². The molecule has 0 aromatic rings. The lowest BCUT2D eigenvalue weighted by molar-refractivity contribution is -0.412.